The van der Waals surface area contributed by atoms with Gasteiger partial charge in [0, 0.05) is 32.8 Å². The molecular formula is C19H33IN4O3S. The van der Waals surface area contributed by atoms with E-state index in [1.54, 1.807) is 29.6 Å². The Hall–Kier alpha value is -0.910. The number of hydrogen-bond donors (Lipinski definition) is 2. The molecule has 0 saturated carbocycles. The second-order valence-electron chi connectivity index (χ2n) is 6.81. The van der Waals surface area contributed by atoms with Crippen molar-refractivity contribution in [1.82, 2.24) is 14.9 Å². The Kier molecular flexibility index (Phi) is 11.3. The number of nitrogens with one attached hydrogen (secondary N) is 2. The summed E-state index contributed by atoms with van der Waals surface area (Å²) in [6.45, 7) is 6.96. The minimum Gasteiger partial charge on any atom is -0.383 e. The maximum atomic E-state index is 12.8. The van der Waals surface area contributed by atoms with Crippen molar-refractivity contribution in [2.75, 3.05) is 33.4 Å². The van der Waals surface area contributed by atoms with Crippen molar-refractivity contribution in [2.24, 2.45) is 4.99 Å². The van der Waals surface area contributed by atoms with Gasteiger partial charge in [0.15, 0.2) is 5.96 Å². The van der Waals surface area contributed by atoms with E-state index in [9.17, 15) is 8.42 Å². The Morgan fingerprint density at radius 3 is 2.64 bits per heavy atom. The topological polar surface area (TPSA) is 83.0 Å². The Morgan fingerprint density at radius 2 is 2.00 bits per heavy atom. The SMILES string of the molecule is CCNC(=NCc1cccc(S(=O)(=O)N2CCCCC2)c1)NC(C)COC.I. The van der Waals surface area contributed by atoms with Gasteiger partial charge in [0.25, 0.3) is 0 Å². The third-order valence-corrected chi connectivity index (χ3v) is 6.31. The number of halogens is 1. The summed E-state index contributed by atoms with van der Waals surface area (Å²) in [5, 5.41) is 6.47. The fraction of sp³-hybridized carbons (Fsp3) is 0.632. The van der Waals surface area contributed by atoms with Crippen LogP contribution in [0, 0.1) is 0 Å². The fourth-order valence-electron chi connectivity index (χ4n) is 3.07. The first kappa shape index (κ1) is 25.1. The van der Waals surface area contributed by atoms with Crippen LogP contribution in [0.4, 0.5) is 0 Å². The maximum absolute atomic E-state index is 12.8. The van der Waals surface area contributed by atoms with E-state index in [1.807, 2.05) is 19.9 Å². The first-order valence-electron chi connectivity index (χ1n) is 9.60. The number of piperidine rings is 1. The number of ether oxygens (including phenoxy) is 1. The van der Waals surface area contributed by atoms with Gasteiger partial charge in [0.05, 0.1) is 18.0 Å². The highest BCUT2D eigenvalue weighted by Crippen LogP contribution is 2.21. The molecule has 160 valence electrons. The molecule has 2 N–H and O–H groups in total. The van der Waals surface area contributed by atoms with Gasteiger partial charge in [0.1, 0.15) is 0 Å². The summed E-state index contributed by atoms with van der Waals surface area (Å²) in [6.07, 6.45) is 2.96. The molecule has 7 nitrogen and oxygen atoms in total. The molecule has 0 spiro atoms. The molecule has 0 amide bonds. The molecule has 1 saturated heterocycles. The zero-order valence-electron chi connectivity index (χ0n) is 17.0. The van der Waals surface area contributed by atoms with Crippen molar-refractivity contribution in [1.29, 1.82) is 0 Å². The Bertz CT molecular complexity index is 722. The molecule has 1 heterocycles. The second kappa shape index (κ2) is 12.6. The van der Waals surface area contributed by atoms with Gasteiger partial charge in [-0.1, -0.05) is 18.6 Å². The lowest BCUT2D eigenvalue weighted by atomic mass is 10.2. The number of rotatable bonds is 8. The molecule has 1 aliphatic heterocycles. The highest BCUT2D eigenvalue weighted by Gasteiger charge is 2.25. The van der Waals surface area contributed by atoms with Crippen LogP contribution in [0.2, 0.25) is 0 Å². The lowest BCUT2D eigenvalue weighted by molar-refractivity contribution is 0.179. The number of methoxy groups -OCH3 is 1. The first-order valence-corrected chi connectivity index (χ1v) is 11.0. The van der Waals surface area contributed by atoms with Crippen LogP contribution >= 0.6 is 24.0 Å². The van der Waals surface area contributed by atoms with Crippen molar-refractivity contribution in [3.05, 3.63) is 29.8 Å². The molecule has 0 bridgehead atoms. The zero-order valence-corrected chi connectivity index (χ0v) is 20.1. The first-order chi connectivity index (χ1) is 13.0. The van der Waals surface area contributed by atoms with Crippen LogP contribution in [0.1, 0.15) is 38.7 Å². The second-order valence-corrected chi connectivity index (χ2v) is 8.75. The molecule has 1 atom stereocenters. The molecule has 9 heteroatoms. The van der Waals surface area contributed by atoms with Crippen molar-refractivity contribution in [2.45, 2.75) is 50.6 Å². The lowest BCUT2D eigenvalue weighted by Crippen LogP contribution is -2.43. The quantitative estimate of drug-likeness (QED) is 0.311. The van der Waals surface area contributed by atoms with Crippen molar-refractivity contribution in [3.63, 3.8) is 0 Å². The van der Waals surface area contributed by atoms with E-state index in [-0.39, 0.29) is 30.0 Å². The summed E-state index contributed by atoms with van der Waals surface area (Å²) < 4.78 is 32.4. The molecule has 1 unspecified atom stereocenters. The minimum absolute atomic E-state index is 0. The molecule has 2 rings (SSSR count). The number of benzene rings is 1. The van der Waals surface area contributed by atoms with Gasteiger partial charge >= 0.3 is 0 Å². The van der Waals surface area contributed by atoms with Crippen LogP contribution < -0.4 is 10.6 Å². The summed E-state index contributed by atoms with van der Waals surface area (Å²) in [4.78, 5) is 4.92. The summed E-state index contributed by atoms with van der Waals surface area (Å²) in [6, 6.07) is 7.21. The van der Waals surface area contributed by atoms with Gasteiger partial charge in [-0.05, 0) is 44.4 Å². The molecule has 1 aliphatic rings. The van der Waals surface area contributed by atoms with Gasteiger partial charge in [-0.2, -0.15) is 4.31 Å². The molecule has 0 aliphatic carbocycles. The molecule has 28 heavy (non-hydrogen) atoms. The van der Waals surface area contributed by atoms with Crippen LogP contribution in [0.3, 0.4) is 0 Å². The smallest absolute Gasteiger partial charge is 0.243 e. The molecule has 1 fully saturated rings. The average Bonchev–Trinajstić information content (AvgIpc) is 2.67. The number of hydrogen-bond acceptors (Lipinski definition) is 4. The number of nitrogens with zero attached hydrogens (tertiary/aromatic N) is 2. The predicted molar refractivity (Wildman–Crippen MR) is 124 cm³/mol. The van der Waals surface area contributed by atoms with Gasteiger partial charge in [0.2, 0.25) is 10.0 Å². The van der Waals surface area contributed by atoms with Gasteiger partial charge in [-0.15, -0.1) is 24.0 Å². The van der Waals surface area contributed by atoms with E-state index >= 15 is 0 Å². The summed E-state index contributed by atoms with van der Waals surface area (Å²) in [7, 11) is -1.76. The van der Waals surface area contributed by atoms with E-state index < -0.39 is 10.0 Å². The standard InChI is InChI=1S/C19H32N4O3S.HI/c1-4-20-19(22-16(2)15-26-3)21-14-17-9-8-10-18(13-17)27(24,25)23-11-6-5-7-12-23;/h8-10,13,16H,4-7,11-12,14-15H2,1-3H3,(H2,20,21,22);1H. The average molecular weight is 524 g/mol. The van der Waals surface area contributed by atoms with Gasteiger partial charge < -0.3 is 15.4 Å². The molecule has 1 aromatic rings. The van der Waals surface area contributed by atoms with Crippen LogP contribution in [0.15, 0.2) is 34.2 Å². The molecule has 0 aromatic heterocycles. The Morgan fingerprint density at radius 1 is 1.29 bits per heavy atom. The van der Waals surface area contributed by atoms with Crippen LogP contribution in [0.5, 0.6) is 0 Å². The highest BCUT2D eigenvalue weighted by atomic mass is 127. The summed E-state index contributed by atoms with van der Waals surface area (Å²) in [5.41, 5.74) is 0.865. The van der Waals surface area contributed by atoms with Crippen LogP contribution in [-0.2, 0) is 21.3 Å². The minimum atomic E-state index is -3.42. The normalized spacial score (nSPS) is 16.9. The van der Waals surface area contributed by atoms with Crippen molar-refractivity contribution >= 4 is 40.0 Å². The van der Waals surface area contributed by atoms with Gasteiger partial charge in [-0.25, -0.2) is 13.4 Å². The maximum Gasteiger partial charge on any atom is 0.243 e. The summed E-state index contributed by atoms with van der Waals surface area (Å²) >= 11 is 0. The van der Waals surface area contributed by atoms with Crippen LogP contribution in [-0.4, -0.2) is 58.1 Å². The largest absolute Gasteiger partial charge is 0.383 e. The molecule has 1 aromatic carbocycles. The van der Waals surface area contributed by atoms with Gasteiger partial charge in [-0.3, -0.25) is 0 Å². The molecular weight excluding hydrogens is 491 g/mol. The number of sulfonamides is 1. The third-order valence-electron chi connectivity index (χ3n) is 4.42. The monoisotopic (exact) mass is 524 g/mol. The Balaban J connectivity index is 0.00000392. The fourth-order valence-corrected chi connectivity index (χ4v) is 4.66. The predicted octanol–water partition coefficient (Wildman–Crippen LogP) is 2.57. The highest BCUT2D eigenvalue weighted by molar-refractivity contribution is 14.0. The van der Waals surface area contributed by atoms with Crippen molar-refractivity contribution < 1.29 is 13.2 Å². The number of guanidine groups is 1. The number of aliphatic imine (C=N–C) groups is 1. The zero-order chi connectivity index (χ0) is 19.7. The summed E-state index contributed by atoms with van der Waals surface area (Å²) in [5.74, 6) is 0.686. The lowest BCUT2D eigenvalue weighted by Gasteiger charge is -2.26. The van der Waals surface area contributed by atoms with E-state index in [1.165, 1.54) is 0 Å². The van der Waals surface area contributed by atoms with E-state index in [0.717, 1.165) is 31.4 Å². The van der Waals surface area contributed by atoms with Crippen LogP contribution in [0.25, 0.3) is 0 Å². The van der Waals surface area contributed by atoms with E-state index in [2.05, 4.69) is 15.6 Å². The third kappa shape index (κ3) is 7.49. The van der Waals surface area contributed by atoms with E-state index in [4.69, 9.17) is 4.74 Å². The molecule has 0 radical (unpaired) electrons. The van der Waals surface area contributed by atoms with Crippen molar-refractivity contribution in [3.8, 4) is 0 Å². The van der Waals surface area contributed by atoms with E-state index in [0.29, 0.717) is 37.1 Å². The Labute approximate surface area is 186 Å².